The molecule has 0 spiro atoms. The lowest BCUT2D eigenvalue weighted by Crippen LogP contribution is -2.31. The predicted octanol–water partition coefficient (Wildman–Crippen LogP) is 14.6. The lowest BCUT2D eigenvalue weighted by atomic mass is 10.0. The summed E-state index contributed by atoms with van der Waals surface area (Å²) in [6.45, 7) is 4.93. The fourth-order valence-electron chi connectivity index (χ4n) is 6.92. The number of hydrogen-bond donors (Lipinski definition) is 2. The Morgan fingerprint density at radius 1 is 0.451 bits per heavy atom. The second-order valence-electron chi connectivity index (χ2n) is 15.7. The molecule has 0 radical (unpaired) electrons. The maximum Gasteiger partial charge on any atom is 0.220 e. The zero-order valence-electron chi connectivity index (χ0n) is 34.5. The zero-order valence-corrected chi connectivity index (χ0v) is 34.5. The topological polar surface area (TPSA) is 66.4 Å². The zero-order chi connectivity index (χ0) is 37.1. The Hall–Kier alpha value is -1.42. The Balaban J connectivity index is 3.36. The van der Waals surface area contributed by atoms with Crippen LogP contribution in [0.5, 0.6) is 0 Å². The highest BCUT2D eigenvalue weighted by molar-refractivity contribution is 5.78. The Kier molecular flexibility index (Phi) is 41.8. The van der Waals surface area contributed by atoms with E-state index in [0.717, 1.165) is 64.2 Å². The molecule has 0 fully saturated rings. The van der Waals surface area contributed by atoms with E-state index in [1.54, 1.807) is 0 Å². The van der Waals surface area contributed by atoms with Gasteiger partial charge >= 0.3 is 0 Å². The molecule has 0 heterocycles. The summed E-state index contributed by atoms with van der Waals surface area (Å²) < 4.78 is 0. The molecule has 0 rings (SSSR count). The molecule has 0 aliphatic heterocycles. The monoisotopic (exact) mass is 716 g/mol. The van der Waals surface area contributed by atoms with Crippen molar-refractivity contribution in [1.82, 2.24) is 5.32 Å². The molecule has 4 heteroatoms. The highest BCUT2D eigenvalue weighted by Crippen LogP contribution is 2.15. The largest absolute Gasteiger partial charge is 0.391 e. The van der Waals surface area contributed by atoms with Gasteiger partial charge in [-0.15, -0.1) is 0 Å². The van der Waals surface area contributed by atoms with Gasteiger partial charge < -0.3 is 10.4 Å². The van der Waals surface area contributed by atoms with E-state index in [9.17, 15) is 14.7 Å². The van der Waals surface area contributed by atoms with Crippen molar-refractivity contribution in [3.63, 3.8) is 0 Å². The molecular formula is C47H89NO3. The van der Waals surface area contributed by atoms with Crippen molar-refractivity contribution in [2.45, 2.75) is 258 Å². The van der Waals surface area contributed by atoms with Crippen LogP contribution in [0.4, 0.5) is 0 Å². The molecule has 4 nitrogen and oxygen atoms in total. The van der Waals surface area contributed by atoms with E-state index < -0.39 is 6.10 Å². The number of amides is 1. The van der Waals surface area contributed by atoms with E-state index in [4.69, 9.17) is 0 Å². The summed E-state index contributed by atoms with van der Waals surface area (Å²) in [4.78, 5) is 24.4. The molecule has 51 heavy (non-hydrogen) atoms. The Labute approximate surface area is 319 Å². The lowest BCUT2D eigenvalue weighted by Gasteiger charge is -2.12. The fraction of sp³-hybridized carbons (Fsp3) is 0.872. The Morgan fingerprint density at radius 2 is 0.804 bits per heavy atom. The van der Waals surface area contributed by atoms with Crippen molar-refractivity contribution >= 4 is 11.7 Å². The molecule has 1 amide bonds. The minimum atomic E-state index is -0.410. The second kappa shape index (κ2) is 43.0. The molecule has 0 aliphatic carbocycles. The number of Topliss-reactive ketones (excluding diaryl/α,β-unsaturated/α-hetero) is 1. The standard InChI is InChI=1S/C47H89NO3/c1-3-5-7-9-11-13-15-17-19-21-22-24-28-32-36-40-45(49)41-37-33-29-26-27-31-35-39-43-47(51)48-44-46(50)42-38-34-30-25-23-20-18-16-14-12-10-8-6-4-2/h11,13,17,19,46,50H,3-10,12,14-16,18,20-44H2,1-2H3,(H,48,51)/b13-11-,19-17-/t46-/m1/s1. The van der Waals surface area contributed by atoms with Gasteiger partial charge in [0.25, 0.3) is 0 Å². The number of unbranched alkanes of at least 4 members (excludes halogenated alkanes) is 28. The van der Waals surface area contributed by atoms with Crippen LogP contribution in [0.2, 0.25) is 0 Å². The van der Waals surface area contributed by atoms with Crippen LogP contribution < -0.4 is 5.32 Å². The summed E-state index contributed by atoms with van der Waals surface area (Å²) in [5.41, 5.74) is 0. The Morgan fingerprint density at radius 3 is 1.27 bits per heavy atom. The maximum atomic E-state index is 12.2. The van der Waals surface area contributed by atoms with Crippen LogP contribution in [-0.2, 0) is 9.59 Å². The average Bonchev–Trinajstić information content (AvgIpc) is 3.13. The number of nitrogens with one attached hydrogen (secondary N) is 1. The molecule has 300 valence electrons. The average molecular weight is 716 g/mol. The highest BCUT2D eigenvalue weighted by Gasteiger charge is 2.07. The van der Waals surface area contributed by atoms with Crippen molar-refractivity contribution in [2.75, 3.05) is 6.54 Å². The minimum Gasteiger partial charge on any atom is -0.391 e. The van der Waals surface area contributed by atoms with Gasteiger partial charge in [-0.1, -0.05) is 199 Å². The first-order chi connectivity index (χ1) is 25.1. The maximum absolute atomic E-state index is 12.2. The van der Waals surface area contributed by atoms with E-state index in [1.165, 1.54) is 167 Å². The minimum absolute atomic E-state index is 0.0829. The molecule has 0 unspecified atom stereocenters. The quantitative estimate of drug-likeness (QED) is 0.0488. The number of aliphatic hydroxyl groups excluding tert-OH is 1. The summed E-state index contributed by atoms with van der Waals surface area (Å²) >= 11 is 0. The predicted molar refractivity (Wildman–Crippen MR) is 224 cm³/mol. The molecule has 2 N–H and O–H groups in total. The first kappa shape index (κ1) is 49.6. The summed E-state index contributed by atoms with van der Waals surface area (Å²) in [6.07, 6.45) is 53.2. The lowest BCUT2D eigenvalue weighted by molar-refractivity contribution is -0.121. The molecule has 0 aromatic heterocycles. The molecule has 0 aromatic carbocycles. The SMILES string of the molecule is CCCCC/C=C\C/C=C\CCCCCCCC(=O)CCCCCCCCCCC(=O)NC[C@H](O)CCCCCCCCCCCCCCCC. The van der Waals surface area contributed by atoms with Gasteiger partial charge in [-0.2, -0.15) is 0 Å². The van der Waals surface area contributed by atoms with E-state index in [1.807, 2.05) is 0 Å². The number of allylic oxidation sites excluding steroid dienone is 4. The number of rotatable bonds is 42. The van der Waals surface area contributed by atoms with Crippen molar-refractivity contribution in [1.29, 1.82) is 0 Å². The number of aliphatic hydroxyl groups is 1. The number of ketones is 1. The smallest absolute Gasteiger partial charge is 0.220 e. The van der Waals surface area contributed by atoms with E-state index in [2.05, 4.69) is 43.5 Å². The van der Waals surface area contributed by atoms with Gasteiger partial charge in [-0.3, -0.25) is 9.59 Å². The van der Waals surface area contributed by atoms with Crippen molar-refractivity contribution in [3.05, 3.63) is 24.3 Å². The Bertz CT molecular complexity index is 775. The third-order valence-corrected chi connectivity index (χ3v) is 10.4. The molecule has 0 saturated carbocycles. The molecule has 0 bridgehead atoms. The van der Waals surface area contributed by atoms with Crippen LogP contribution in [-0.4, -0.2) is 29.4 Å². The van der Waals surface area contributed by atoms with E-state index in [-0.39, 0.29) is 5.91 Å². The van der Waals surface area contributed by atoms with Crippen LogP contribution >= 0.6 is 0 Å². The van der Waals surface area contributed by atoms with Crippen LogP contribution in [0.25, 0.3) is 0 Å². The van der Waals surface area contributed by atoms with E-state index in [0.29, 0.717) is 18.7 Å². The molecule has 1 atom stereocenters. The van der Waals surface area contributed by atoms with Gasteiger partial charge in [0.1, 0.15) is 5.78 Å². The normalized spacial score (nSPS) is 12.4. The summed E-state index contributed by atoms with van der Waals surface area (Å²) in [6, 6.07) is 0. The van der Waals surface area contributed by atoms with Crippen molar-refractivity contribution in [2.24, 2.45) is 0 Å². The highest BCUT2D eigenvalue weighted by atomic mass is 16.3. The fourth-order valence-corrected chi connectivity index (χ4v) is 6.92. The van der Waals surface area contributed by atoms with Gasteiger partial charge in [0.05, 0.1) is 6.10 Å². The number of carbonyl (C=O) groups is 2. The van der Waals surface area contributed by atoms with Gasteiger partial charge in [0.2, 0.25) is 5.91 Å². The van der Waals surface area contributed by atoms with Crippen LogP contribution in [0, 0.1) is 0 Å². The van der Waals surface area contributed by atoms with Crippen LogP contribution in [0.3, 0.4) is 0 Å². The van der Waals surface area contributed by atoms with Crippen LogP contribution in [0.1, 0.15) is 251 Å². The summed E-state index contributed by atoms with van der Waals surface area (Å²) in [7, 11) is 0. The van der Waals surface area contributed by atoms with Gasteiger partial charge in [-0.05, 0) is 57.8 Å². The van der Waals surface area contributed by atoms with Crippen LogP contribution in [0.15, 0.2) is 24.3 Å². The third kappa shape index (κ3) is 42.9. The molecule has 0 aliphatic rings. The van der Waals surface area contributed by atoms with E-state index >= 15 is 0 Å². The van der Waals surface area contributed by atoms with Gasteiger partial charge in [0, 0.05) is 25.8 Å². The van der Waals surface area contributed by atoms with Gasteiger partial charge in [0.15, 0.2) is 0 Å². The summed E-state index contributed by atoms with van der Waals surface area (Å²) in [5.74, 6) is 0.542. The number of carbonyl (C=O) groups excluding carboxylic acids is 2. The first-order valence-corrected chi connectivity index (χ1v) is 22.9. The number of hydrogen-bond acceptors (Lipinski definition) is 3. The molecule has 0 aromatic rings. The molecular weight excluding hydrogens is 627 g/mol. The van der Waals surface area contributed by atoms with Crippen molar-refractivity contribution < 1.29 is 14.7 Å². The second-order valence-corrected chi connectivity index (χ2v) is 15.7. The first-order valence-electron chi connectivity index (χ1n) is 22.9. The van der Waals surface area contributed by atoms with Gasteiger partial charge in [-0.25, -0.2) is 0 Å². The molecule has 0 saturated heterocycles. The van der Waals surface area contributed by atoms with Crippen molar-refractivity contribution in [3.8, 4) is 0 Å². The summed E-state index contributed by atoms with van der Waals surface area (Å²) in [5, 5.41) is 13.2. The third-order valence-electron chi connectivity index (χ3n) is 10.4.